The topological polar surface area (TPSA) is 77.1 Å². The van der Waals surface area contributed by atoms with Crippen molar-refractivity contribution in [2.24, 2.45) is 0 Å². The van der Waals surface area contributed by atoms with Gasteiger partial charge in [-0.2, -0.15) is 0 Å². The second-order valence-corrected chi connectivity index (χ2v) is 10.8. The molecule has 0 aliphatic carbocycles. The first-order valence-corrected chi connectivity index (χ1v) is 13.4. The number of carbonyl (C=O) groups excluding carboxylic acids is 2. The molecule has 1 unspecified atom stereocenters. The van der Waals surface area contributed by atoms with Gasteiger partial charge in [0.1, 0.15) is 25.0 Å². The Morgan fingerprint density at radius 2 is 1.62 bits per heavy atom. The lowest BCUT2D eigenvalue weighted by Crippen LogP contribution is -2.54. The van der Waals surface area contributed by atoms with E-state index in [9.17, 15) is 9.59 Å². The molecule has 0 saturated heterocycles. The van der Waals surface area contributed by atoms with Crippen LogP contribution in [-0.4, -0.2) is 48.6 Å². The molecule has 0 bridgehead atoms. The highest BCUT2D eigenvalue weighted by molar-refractivity contribution is 5.88. The van der Waals surface area contributed by atoms with E-state index in [1.807, 2.05) is 93.6 Å². The molecule has 0 aromatic heterocycles. The fraction of sp³-hybridized carbons (Fsp3) is 0.375. The maximum Gasteiger partial charge on any atom is 0.243 e. The third kappa shape index (κ3) is 7.99. The van der Waals surface area contributed by atoms with Crippen molar-refractivity contribution >= 4 is 11.8 Å². The average molecular weight is 531 g/mol. The number of nitrogens with one attached hydrogen (secondary N) is 1. The van der Waals surface area contributed by atoms with Crippen LogP contribution in [0.1, 0.15) is 43.9 Å². The third-order valence-corrected chi connectivity index (χ3v) is 6.49. The highest BCUT2D eigenvalue weighted by Crippen LogP contribution is 2.31. The van der Waals surface area contributed by atoms with Gasteiger partial charge in [-0.1, -0.05) is 48.5 Å². The number of aryl methyl sites for hydroxylation is 1. The van der Waals surface area contributed by atoms with Crippen LogP contribution < -0.4 is 19.5 Å². The Morgan fingerprint density at radius 3 is 2.33 bits per heavy atom. The number of rotatable bonds is 10. The zero-order chi connectivity index (χ0) is 27.8. The van der Waals surface area contributed by atoms with Gasteiger partial charge in [-0.15, -0.1) is 0 Å². The molecule has 3 aromatic rings. The molecule has 39 heavy (non-hydrogen) atoms. The van der Waals surface area contributed by atoms with E-state index in [1.54, 1.807) is 12.0 Å². The third-order valence-electron chi connectivity index (χ3n) is 6.49. The van der Waals surface area contributed by atoms with Gasteiger partial charge in [0, 0.05) is 24.9 Å². The smallest absolute Gasteiger partial charge is 0.243 e. The molecule has 1 heterocycles. The Bertz CT molecular complexity index is 1270. The second-order valence-electron chi connectivity index (χ2n) is 10.8. The van der Waals surface area contributed by atoms with Crippen LogP contribution in [0.3, 0.4) is 0 Å². The van der Waals surface area contributed by atoms with Crippen LogP contribution >= 0.6 is 0 Å². The van der Waals surface area contributed by atoms with E-state index >= 15 is 0 Å². The van der Waals surface area contributed by atoms with Crippen LogP contribution in [0, 0.1) is 0 Å². The summed E-state index contributed by atoms with van der Waals surface area (Å²) in [7, 11) is 1.62. The zero-order valence-electron chi connectivity index (χ0n) is 23.2. The summed E-state index contributed by atoms with van der Waals surface area (Å²) in [6.07, 6.45) is 1.17. The minimum Gasteiger partial charge on any atom is -0.497 e. The predicted octanol–water partition coefficient (Wildman–Crippen LogP) is 4.95. The lowest BCUT2D eigenvalue weighted by atomic mass is 9.99. The van der Waals surface area contributed by atoms with Crippen molar-refractivity contribution in [3.63, 3.8) is 0 Å². The standard InChI is InChI=1S/C32H38N2O5/c1-32(2,3)33-31(36)27(20-23-9-6-5-7-10-23)34(22-25-11-8-12-26(19-25)37-4)30(35)16-14-24-13-15-28-29(21-24)39-18-17-38-28/h5-13,15,19,21,27H,14,16-18,20,22H2,1-4H3,(H,33,36). The van der Waals surface area contributed by atoms with Gasteiger partial charge in [-0.3, -0.25) is 9.59 Å². The minimum atomic E-state index is -0.689. The number of benzene rings is 3. The van der Waals surface area contributed by atoms with E-state index in [2.05, 4.69) is 5.32 Å². The molecule has 2 amide bonds. The molecule has 0 spiro atoms. The molecule has 0 fully saturated rings. The Morgan fingerprint density at radius 1 is 0.897 bits per heavy atom. The fourth-order valence-electron chi connectivity index (χ4n) is 4.61. The summed E-state index contributed by atoms with van der Waals surface area (Å²) in [5, 5.41) is 3.10. The van der Waals surface area contributed by atoms with Crippen molar-refractivity contribution in [1.29, 1.82) is 0 Å². The fourth-order valence-corrected chi connectivity index (χ4v) is 4.61. The van der Waals surface area contributed by atoms with Crippen LogP contribution in [0.25, 0.3) is 0 Å². The molecule has 3 aromatic carbocycles. The normalized spacial score (nSPS) is 13.3. The van der Waals surface area contributed by atoms with Crippen molar-refractivity contribution in [3.8, 4) is 17.2 Å². The molecule has 1 atom stereocenters. The van der Waals surface area contributed by atoms with Gasteiger partial charge in [0.15, 0.2) is 11.5 Å². The van der Waals surface area contributed by atoms with Crippen LogP contribution in [-0.2, 0) is 29.0 Å². The van der Waals surface area contributed by atoms with E-state index < -0.39 is 11.6 Å². The van der Waals surface area contributed by atoms with Crippen molar-refractivity contribution in [1.82, 2.24) is 10.2 Å². The zero-order valence-corrected chi connectivity index (χ0v) is 23.2. The summed E-state index contributed by atoms with van der Waals surface area (Å²) in [6.45, 7) is 7.16. The van der Waals surface area contributed by atoms with Crippen molar-refractivity contribution in [2.45, 2.75) is 58.2 Å². The van der Waals surface area contributed by atoms with Crippen LogP contribution in [0.5, 0.6) is 17.2 Å². The predicted molar refractivity (Wildman–Crippen MR) is 151 cm³/mol. The minimum absolute atomic E-state index is 0.0994. The van der Waals surface area contributed by atoms with Gasteiger partial charge in [-0.05, 0) is 68.1 Å². The molecular weight excluding hydrogens is 492 g/mol. The molecule has 4 rings (SSSR count). The van der Waals surface area contributed by atoms with Crippen molar-refractivity contribution in [3.05, 3.63) is 89.5 Å². The van der Waals surface area contributed by atoms with Crippen LogP contribution in [0.15, 0.2) is 72.8 Å². The number of carbonyl (C=O) groups is 2. The van der Waals surface area contributed by atoms with Crippen LogP contribution in [0.2, 0.25) is 0 Å². The number of nitrogens with zero attached hydrogens (tertiary/aromatic N) is 1. The summed E-state index contributed by atoms with van der Waals surface area (Å²) in [6, 6.07) is 22.5. The Balaban J connectivity index is 1.62. The number of methoxy groups -OCH3 is 1. The van der Waals surface area contributed by atoms with Gasteiger partial charge >= 0.3 is 0 Å². The van der Waals surface area contributed by atoms with Gasteiger partial charge in [0.2, 0.25) is 11.8 Å². The number of fused-ring (bicyclic) bond motifs is 1. The lowest BCUT2D eigenvalue weighted by Gasteiger charge is -2.34. The number of amides is 2. The molecule has 7 nitrogen and oxygen atoms in total. The molecule has 1 N–H and O–H groups in total. The Hall–Kier alpha value is -4.00. The van der Waals surface area contributed by atoms with Crippen LogP contribution in [0.4, 0.5) is 0 Å². The summed E-state index contributed by atoms with van der Waals surface area (Å²) in [4.78, 5) is 29.3. The first kappa shape index (κ1) is 28.0. The largest absolute Gasteiger partial charge is 0.497 e. The highest BCUT2D eigenvalue weighted by Gasteiger charge is 2.32. The SMILES string of the molecule is COc1cccc(CN(C(=O)CCc2ccc3c(c2)OCCO3)C(Cc2ccccc2)C(=O)NC(C)(C)C)c1. The summed E-state index contributed by atoms with van der Waals surface area (Å²) >= 11 is 0. The van der Waals surface area contributed by atoms with Gasteiger partial charge in [0.25, 0.3) is 0 Å². The molecule has 206 valence electrons. The van der Waals surface area contributed by atoms with E-state index in [4.69, 9.17) is 14.2 Å². The van der Waals surface area contributed by atoms with Crippen molar-refractivity contribution in [2.75, 3.05) is 20.3 Å². The second kappa shape index (κ2) is 12.7. The molecular formula is C32H38N2O5. The number of ether oxygens (including phenoxy) is 3. The number of hydrogen-bond donors (Lipinski definition) is 1. The molecule has 1 aliphatic rings. The summed E-state index contributed by atoms with van der Waals surface area (Å²) < 4.78 is 16.8. The highest BCUT2D eigenvalue weighted by atomic mass is 16.6. The van der Waals surface area contributed by atoms with E-state index in [-0.39, 0.29) is 24.8 Å². The Labute approximate surface area is 231 Å². The maximum absolute atomic E-state index is 13.9. The van der Waals surface area contributed by atoms with Crippen molar-refractivity contribution < 1.29 is 23.8 Å². The van der Waals surface area contributed by atoms with Gasteiger partial charge in [-0.25, -0.2) is 0 Å². The molecule has 7 heteroatoms. The molecule has 0 radical (unpaired) electrons. The quantitative estimate of drug-likeness (QED) is 0.401. The first-order valence-electron chi connectivity index (χ1n) is 13.4. The number of hydrogen-bond acceptors (Lipinski definition) is 5. The monoisotopic (exact) mass is 530 g/mol. The van der Waals surface area contributed by atoms with E-state index in [1.165, 1.54) is 0 Å². The van der Waals surface area contributed by atoms with E-state index in [0.717, 1.165) is 22.4 Å². The van der Waals surface area contributed by atoms with E-state index in [0.29, 0.717) is 37.6 Å². The first-order chi connectivity index (χ1) is 18.7. The molecule has 0 saturated carbocycles. The lowest BCUT2D eigenvalue weighted by molar-refractivity contribution is -0.141. The summed E-state index contributed by atoms with van der Waals surface area (Å²) in [5.74, 6) is 1.85. The average Bonchev–Trinajstić information content (AvgIpc) is 2.93. The van der Waals surface area contributed by atoms with Gasteiger partial charge < -0.3 is 24.4 Å². The maximum atomic E-state index is 13.9. The molecule has 1 aliphatic heterocycles. The summed E-state index contributed by atoms with van der Waals surface area (Å²) in [5.41, 5.74) is 2.42. The Kier molecular flexibility index (Phi) is 9.12. The van der Waals surface area contributed by atoms with Gasteiger partial charge in [0.05, 0.1) is 7.11 Å².